The molecule has 2 heteroatoms. The quantitative estimate of drug-likeness (QED) is 0.601. The number of carbonyl (C=O) groups is 1. The fraction of sp³-hybridized carbons (Fsp3) is 0.923. The molecule has 1 heterocycles. The van der Waals surface area contributed by atoms with E-state index in [4.69, 9.17) is 0 Å². The summed E-state index contributed by atoms with van der Waals surface area (Å²) in [5, 5.41) is 0. The van der Waals surface area contributed by atoms with Gasteiger partial charge in [0.2, 0.25) is 5.91 Å². The van der Waals surface area contributed by atoms with Gasteiger partial charge in [0, 0.05) is 19.0 Å². The molecule has 0 aromatic heterocycles. The van der Waals surface area contributed by atoms with Gasteiger partial charge in [0.05, 0.1) is 0 Å². The van der Waals surface area contributed by atoms with Gasteiger partial charge in [-0.15, -0.1) is 0 Å². The summed E-state index contributed by atoms with van der Waals surface area (Å²) in [7, 11) is 0. The van der Waals surface area contributed by atoms with E-state index in [0.29, 0.717) is 5.41 Å². The first-order valence-electron chi connectivity index (χ1n) is 6.13. The van der Waals surface area contributed by atoms with Gasteiger partial charge in [0.25, 0.3) is 0 Å². The summed E-state index contributed by atoms with van der Waals surface area (Å²) >= 11 is 0. The molecule has 2 aliphatic rings. The van der Waals surface area contributed by atoms with Gasteiger partial charge in [-0.1, -0.05) is 20.8 Å². The maximum Gasteiger partial charge on any atom is 0.219 e. The summed E-state index contributed by atoms with van der Waals surface area (Å²) in [5.41, 5.74) is 0.681. The lowest BCUT2D eigenvalue weighted by atomic mass is 9.72. The maximum absolute atomic E-state index is 11.5. The van der Waals surface area contributed by atoms with Crippen LogP contribution in [0.5, 0.6) is 0 Å². The maximum atomic E-state index is 11.5. The summed E-state index contributed by atoms with van der Waals surface area (Å²) in [5.74, 6) is 1.07. The van der Waals surface area contributed by atoms with Crippen molar-refractivity contribution >= 4 is 5.91 Å². The lowest BCUT2D eigenvalue weighted by Gasteiger charge is -2.44. The highest BCUT2D eigenvalue weighted by molar-refractivity contribution is 5.75. The fourth-order valence-corrected chi connectivity index (χ4v) is 3.04. The molecular formula is C13H23NO. The first kappa shape index (κ1) is 11.0. The predicted molar refractivity (Wildman–Crippen MR) is 61.5 cm³/mol. The van der Waals surface area contributed by atoms with Gasteiger partial charge in [-0.3, -0.25) is 4.79 Å². The lowest BCUT2D eigenvalue weighted by molar-refractivity contribution is -0.135. The molecule has 0 N–H and O–H groups in total. The zero-order chi connectivity index (χ0) is 11.3. The molecule has 2 nitrogen and oxygen atoms in total. The van der Waals surface area contributed by atoms with Crippen LogP contribution in [-0.4, -0.2) is 22.9 Å². The third-order valence-corrected chi connectivity index (χ3v) is 4.33. The molecular weight excluding hydrogens is 186 g/mol. The Morgan fingerprint density at radius 3 is 2.33 bits per heavy atom. The molecule has 1 atom stereocenters. The highest BCUT2D eigenvalue weighted by Gasteiger charge is 2.53. The number of hydrogen-bond acceptors (Lipinski definition) is 1. The smallest absolute Gasteiger partial charge is 0.219 e. The molecule has 0 aromatic rings. The van der Waals surface area contributed by atoms with Crippen LogP contribution in [0.15, 0.2) is 0 Å². The topological polar surface area (TPSA) is 20.3 Å². The largest absolute Gasteiger partial charge is 0.337 e. The van der Waals surface area contributed by atoms with E-state index < -0.39 is 0 Å². The number of rotatable bonds is 0. The van der Waals surface area contributed by atoms with Crippen molar-refractivity contribution in [3.05, 3.63) is 0 Å². The van der Waals surface area contributed by atoms with Gasteiger partial charge < -0.3 is 4.90 Å². The van der Waals surface area contributed by atoms with E-state index in [1.165, 1.54) is 25.7 Å². The summed E-state index contributed by atoms with van der Waals surface area (Å²) in [6.45, 7) is 9.69. The third kappa shape index (κ3) is 1.91. The molecule has 1 unspecified atom stereocenters. The molecule has 0 bridgehead atoms. The van der Waals surface area contributed by atoms with Gasteiger partial charge >= 0.3 is 0 Å². The number of piperidine rings is 1. The molecule has 1 saturated heterocycles. The van der Waals surface area contributed by atoms with Gasteiger partial charge in [0.1, 0.15) is 0 Å². The predicted octanol–water partition coefficient (Wildman–Crippen LogP) is 2.82. The van der Waals surface area contributed by atoms with Crippen molar-refractivity contribution in [2.75, 3.05) is 6.54 Å². The van der Waals surface area contributed by atoms with Gasteiger partial charge in [-0.2, -0.15) is 0 Å². The zero-order valence-electron chi connectivity index (χ0n) is 10.5. The molecule has 1 aliphatic carbocycles. The Labute approximate surface area is 93.0 Å². The van der Waals surface area contributed by atoms with Crippen LogP contribution < -0.4 is 0 Å². The number of likely N-dealkylation sites (tertiary alicyclic amines) is 1. The van der Waals surface area contributed by atoms with Gasteiger partial charge in [-0.25, -0.2) is 0 Å². The van der Waals surface area contributed by atoms with E-state index in [0.717, 1.165) is 12.5 Å². The molecule has 2 rings (SSSR count). The number of carbonyl (C=O) groups excluding carboxylic acids is 1. The second-order valence-electron chi connectivity index (χ2n) is 6.45. The summed E-state index contributed by atoms with van der Waals surface area (Å²) < 4.78 is 0. The Bertz CT molecular complexity index is 273. The van der Waals surface area contributed by atoms with Crippen LogP contribution in [0.25, 0.3) is 0 Å². The average Bonchev–Trinajstić information content (AvgIpc) is 2.83. The van der Waals surface area contributed by atoms with Crippen LogP contribution in [0, 0.1) is 11.3 Å². The SMILES string of the molecule is CC(=O)N1CCC(C(C)(C)C)CC12CC2. The third-order valence-electron chi connectivity index (χ3n) is 4.33. The van der Waals surface area contributed by atoms with Crippen molar-refractivity contribution in [2.24, 2.45) is 11.3 Å². The molecule has 1 saturated carbocycles. The zero-order valence-corrected chi connectivity index (χ0v) is 10.5. The van der Waals surface area contributed by atoms with Crippen LogP contribution in [-0.2, 0) is 4.79 Å². The van der Waals surface area contributed by atoms with Crippen molar-refractivity contribution < 1.29 is 4.79 Å². The minimum Gasteiger partial charge on any atom is -0.337 e. The minimum atomic E-state index is 0.278. The van der Waals surface area contributed by atoms with E-state index in [1.54, 1.807) is 6.92 Å². The number of nitrogens with zero attached hydrogens (tertiary/aromatic N) is 1. The van der Waals surface area contributed by atoms with Crippen LogP contribution >= 0.6 is 0 Å². The van der Waals surface area contributed by atoms with Crippen molar-refractivity contribution in [1.82, 2.24) is 4.90 Å². The first-order chi connectivity index (χ1) is 6.85. The summed E-state index contributed by atoms with van der Waals surface area (Å²) in [6.07, 6.45) is 4.89. The average molecular weight is 209 g/mol. The lowest BCUT2D eigenvalue weighted by Crippen LogP contribution is -2.49. The first-order valence-corrected chi connectivity index (χ1v) is 6.13. The van der Waals surface area contributed by atoms with Crippen LogP contribution in [0.1, 0.15) is 53.4 Å². The summed E-state index contributed by atoms with van der Waals surface area (Å²) in [4.78, 5) is 13.7. The van der Waals surface area contributed by atoms with Crippen LogP contribution in [0.4, 0.5) is 0 Å². The fourth-order valence-electron chi connectivity index (χ4n) is 3.04. The highest BCUT2D eigenvalue weighted by atomic mass is 16.2. The Kier molecular flexibility index (Phi) is 2.36. The molecule has 1 aliphatic heterocycles. The van der Waals surface area contributed by atoms with Crippen molar-refractivity contribution in [3.8, 4) is 0 Å². The Morgan fingerprint density at radius 1 is 1.33 bits per heavy atom. The second-order valence-corrected chi connectivity index (χ2v) is 6.45. The van der Waals surface area contributed by atoms with Crippen molar-refractivity contribution in [2.45, 2.75) is 58.9 Å². The molecule has 86 valence electrons. The van der Waals surface area contributed by atoms with Crippen molar-refractivity contribution in [1.29, 1.82) is 0 Å². The van der Waals surface area contributed by atoms with E-state index >= 15 is 0 Å². The number of hydrogen-bond donors (Lipinski definition) is 0. The standard InChI is InChI=1S/C13H23NO/c1-10(15)14-8-5-11(12(2,3)4)9-13(14)6-7-13/h11H,5-9H2,1-4H3. The normalized spacial score (nSPS) is 29.3. The minimum absolute atomic E-state index is 0.278. The molecule has 0 aromatic carbocycles. The van der Waals surface area contributed by atoms with E-state index in [-0.39, 0.29) is 11.4 Å². The van der Waals surface area contributed by atoms with Gasteiger partial charge in [-0.05, 0) is 37.0 Å². The Hall–Kier alpha value is -0.530. The van der Waals surface area contributed by atoms with E-state index in [9.17, 15) is 4.79 Å². The molecule has 1 amide bonds. The molecule has 2 fully saturated rings. The number of amides is 1. The molecule has 15 heavy (non-hydrogen) atoms. The van der Waals surface area contributed by atoms with Crippen LogP contribution in [0.3, 0.4) is 0 Å². The van der Waals surface area contributed by atoms with E-state index in [2.05, 4.69) is 25.7 Å². The van der Waals surface area contributed by atoms with Crippen LogP contribution in [0.2, 0.25) is 0 Å². The van der Waals surface area contributed by atoms with Gasteiger partial charge in [0.15, 0.2) is 0 Å². The van der Waals surface area contributed by atoms with E-state index in [1.807, 2.05) is 0 Å². The monoisotopic (exact) mass is 209 g/mol. The highest BCUT2D eigenvalue weighted by Crippen LogP contribution is 2.53. The Balaban J connectivity index is 2.09. The second kappa shape index (κ2) is 3.23. The summed E-state index contributed by atoms with van der Waals surface area (Å²) in [6, 6.07) is 0. The van der Waals surface area contributed by atoms with Crippen molar-refractivity contribution in [3.63, 3.8) is 0 Å². The molecule has 1 spiro atoms. The Morgan fingerprint density at radius 2 is 1.93 bits per heavy atom. The molecule has 0 radical (unpaired) electrons.